The molecule has 1 aromatic carbocycles. The molecule has 1 saturated heterocycles. The Balaban J connectivity index is 0.000000399. The summed E-state index contributed by atoms with van der Waals surface area (Å²) in [4.78, 5) is 12.6. The first-order valence-electron chi connectivity index (χ1n) is 5.96. The molecule has 4 nitrogen and oxygen atoms in total. The minimum Gasteiger partial charge on any atom is -0.380 e. The lowest BCUT2D eigenvalue weighted by Crippen LogP contribution is -2.51. The quantitative estimate of drug-likeness (QED) is 0.842. The number of aldehydes is 1. The fourth-order valence-corrected chi connectivity index (χ4v) is 1.98. The Morgan fingerprint density at radius 1 is 1.26 bits per heavy atom. The topological polar surface area (TPSA) is 44.4 Å². The van der Waals surface area contributed by atoms with Crippen molar-refractivity contribution in [1.82, 2.24) is 10.2 Å². The fraction of sp³-hybridized carbons (Fsp3) is 0.462. The summed E-state index contributed by atoms with van der Waals surface area (Å²) >= 11 is 11.8. The summed E-state index contributed by atoms with van der Waals surface area (Å²) in [5.74, 6) is 0. The largest absolute Gasteiger partial charge is 0.380 e. The van der Waals surface area contributed by atoms with Crippen LogP contribution in [0.25, 0.3) is 0 Å². The Morgan fingerprint density at radius 3 is 2.05 bits per heavy atom. The molecule has 0 bridgehead atoms. The third-order valence-corrected chi connectivity index (χ3v) is 2.97. The van der Waals surface area contributed by atoms with Gasteiger partial charge in [-0.2, -0.15) is 0 Å². The summed E-state index contributed by atoms with van der Waals surface area (Å²) in [6.07, 6.45) is 0.666. The summed E-state index contributed by atoms with van der Waals surface area (Å²) in [5, 5.41) is 7.18. The summed E-state index contributed by atoms with van der Waals surface area (Å²) in [6.45, 7) is 1.87. The zero-order valence-corrected chi connectivity index (χ0v) is 12.8. The first-order valence-corrected chi connectivity index (χ1v) is 6.72. The van der Waals surface area contributed by atoms with Crippen LogP contribution in [0.3, 0.4) is 0 Å². The average Bonchev–Trinajstić information content (AvgIpc) is 2.22. The van der Waals surface area contributed by atoms with Gasteiger partial charge in [0.1, 0.15) is 0 Å². The highest BCUT2D eigenvalue weighted by Crippen LogP contribution is 2.28. The Morgan fingerprint density at radius 2 is 1.74 bits per heavy atom. The number of hydrogen-bond donors (Lipinski definition) is 2. The number of hydrogen-bond acceptors (Lipinski definition) is 4. The minimum atomic E-state index is 0.343. The number of nitrogens with one attached hydrogen (secondary N) is 2. The van der Waals surface area contributed by atoms with E-state index in [0.717, 1.165) is 18.8 Å². The molecular weight excluding hydrogens is 285 g/mol. The number of benzene rings is 1. The number of carbonyl (C=O) groups excluding carboxylic acids is 1. The molecule has 0 aliphatic carbocycles. The molecule has 1 aromatic rings. The number of anilines is 1. The van der Waals surface area contributed by atoms with Crippen molar-refractivity contribution in [3.8, 4) is 0 Å². The second kappa shape index (κ2) is 7.70. The zero-order valence-electron chi connectivity index (χ0n) is 11.3. The van der Waals surface area contributed by atoms with Crippen molar-refractivity contribution in [1.29, 1.82) is 0 Å². The van der Waals surface area contributed by atoms with Crippen molar-refractivity contribution >= 4 is 35.2 Å². The molecule has 0 aromatic heterocycles. The van der Waals surface area contributed by atoms with Gasteiger partial charge in [-0.25, -0.2) is 0 Å². The second-order valence-electron chi connectivity index (χ2n) is 4.81. The van der Waals surface area contributed by atoms with Gasteiger partial charge in [0.15, 0.2) is 6.29 Å². The lowest BCUT2D eigenvalue weighted by atomic mass is 10.1. The predicted molar refractivity (Wildman–Crippen MR) is 81.7 cm³/mol. The van der Waals surface area contributed by atoms with Crippen LogP contribution in [0, 0.1) is 0 Å². The van der Waals surface area contributed by atoms with E-state index in [-0.39, 0.29) is 0 Å². The van der Waals surface area contributed by atoms with Crippen molar-refractivity contribution in [3.05, 3.63) is 27.7 Å². The summed E-state index contributed by atoms with van der Waals surface area (Å²) in [7, 11) is 6.00. The Bertz CT molecular complexity index is 408. The van der Waals surface area contributed by atoms with Crippen molar-refractivity contribution in [2.75, 3.05) is 39.5 Å². The number of rotatable bonds is 3. The maximum absolute atomic E-state index is 10.6. The standard InChI is InChI=1S/C10H10Cl2N2O.C3H9N/c11-9-1-6(14-7-3-13-4-7)2-10(12)8(9)5-15;1-4(2)3/h1-2,5,7,13-14H,3-4H2;1-3H3. The van der Waals surface area contributed by atoms with Gasteiger partial charge in [-0.05, 0) is 33.3 Å². The van der Waals surface area contributed by atoms with Crippen LogP contribution in [0.15, 0.2) is 12.1 Å². The van der Waals surface area contributed by atoms with Crippen LogP contribution in [-0.2, 0) is 0 Å². The van der Waals surface area contributed by atoms with Gasteiger partial charge in [0.2, 0.25) is 0 Å². The van der Waals surface area contributed by atoms with Gasteiger partial charge in [0.05, 0.1) is 21.7 Å². The van der Waals surface area contributed by atoms with Gasteiger partial charge in [-0.1, -0.05) is 23.2 Å². The van der Waals surface area contributed by atoms with E-state index < -0.39 is 0 Å². The van der Waals surface area contributed by atoms with Crippen molar-refractivity contribution in [3.63, 3.8) is 0 Å². The Labute approximate surface area is 124 Å². The molecule has 106 valence electrons. The Kier molecular flexibility index (Phi) is 6.58. The third-order valence-electron chi connectivity index (χ3n) is 2.35. The maximum Gasteiger partial charge on any atom is 0.153 e. The predicted octanol–water partition coefficient (Wildman–Crippen LogP) is 2.37. The van der Waals surface area contributed by atoms with Crippen LogP contribution in [-0.4, -0.2) is 51.5 Å². The van der Waals surface area contributed by atoms with Crippen LogP contribution >= 0.6 is 23.2 Å². The van der Waals surface area contributed by atoms with E-state index in [0.29, 0.717) is 27.9 Å². The summed E-state index contributed by atoms with van der Waals surface area (Å²) in [6, 6.07) is 3.85. The molecular formula is C13H19Cl2N3O. The highest BCUT2D eigenvalue weighted by Gasteiger charge is 2.17. The fourth-order valence-electron chi connectivity index (χ4n) is 1.41. The normalized spacial score (nSPS) is 14.4. The molecule has 1 fully saturated rings. The Hall–Kier alpha value is -0.810. The van der Waals surface area contributed by atoms with E-state index >= 15 is 0 Å². The highest BCUT2D eigenvalue weighted by molar-refractivity contribution is 6.38. The van der Waals surface area contributed by atoms with Crippen molar-refractivity contribution in [2.24, 2.45) is 0 Å². The maximum atomic E-state index is 10.6. The number of carbonyl (C=O) groups is 1. The monoisotopic (exact) mass is 303 g/mol. The van der Waals surface area contributed by atoms with Gasteiger partial charge < -0.3 is 15.5 Å². The van der Waals surface area contributed by atoms with E-state index in [9.17, 15) is 4.79 Å². The second-order valence-corrected chi connectivity index (χ2v) is 5.63. The average molecular weight is 304 g/mol. The molecule has 6 heteroatoms. The molecule has 0 saturated carbocycles. The SMILES string of the molecule is CN(C)C.O=Cc1c(Cl)cc(NC2CNC2)cc1Cl. The van der Waals surface area contributed by atoms with E-state index in [1.54, 1.807) is 12.1 Å². The smallest absolute Gasteiger partial charge is 0.153 e. The van der Waals surface area contributed by atoms with Gasteiger partial charge in [0, 0.05) is 18.8 Å². The van der Waals surface area contributed by atoms with Gasteiger partial charge >= 0.3 is 0 Å². The third kappa shape index (κ3) is 5.37. The molecule has 1 heterocycles. The van der Waals surface area contributed by atoms with E-state index in [4.69, 9.17) is 23.2 Å². The van der Waals surface area contributed by atoms with Crippen molar-refractivity contribution < 1.29 is 4.79 Å². The highest BCUT2D eigenvalue weighted by atomic mass is 35.5. The van der Waals surface area contributed by atoms with Crippen LogP contribution in [0.5, 0.6) is 0 Å². The van der Waals surface area contributed by atoms with Gasteiger partial charge in [-0.3, -0.25) is 4.79 Å². The lowest BCUT2D eigenvalue weighted by Gasteiger charge is -2.29. The van der Waals surface area contributed by atoms with Crippen LogP contribution in [0.1, 0.15) is 10.4 Å². The summed E-state index contributed by atoms with van der Waals surface area (Å²) in [5.41, 5.74) is 1.19. The molecule has 0 unspecified atom stereocenters. The van der Waals surface area contributed by atoms with Crippen LogP contribution < -0.4 is 10.6 Å². The van der Waals surface area contributed by atoms with E-state index in [1.165, 1.54) is 0 Å². The zero-order chi connectivity index (χ0) is 14.4. The molecule has 2 rings (SSSR count). The summed E-state index contributed by atoms with van der Waals surface area (Å²) < 4.78 is 0. The lowest BCUT2D eigenvalue weighted by molar-refractivity contribution is 0.112. The van der Waals surface area contributed by atoms with Crippen LogP contribution in [0.4, 0.5) is 5.69 Å². The molecule has 2 N–H and O–H groups in total. The molecule has 0 spiro atoms. The molecule has 1 aliphatic rings. The minimum absolute atomic E-state index is 0.343. The van der Waals surface area contributed by atoms with Gasteiger partial charge in [0.25, 0.3) is 0 Å². The van der Waals surface area contributed by atoms with Crippen LogP contribution in [0.2, 0.25) is 10.0 Å². The molecule has 1 aliphatic heterocycles. The molecule has 0 radical (unpaired) electrons. The molecule has 0 atom stereocenters. The van der Waals surface area contributed by atoms with Crippen molar-refractivity contribution in [2.45, 2.75) is 6.04 Å². The first-order chi connectivity index (χ1) is 8.93. The van der Waals surface area contributed by atoms with E-state index in [1.807, 2.05) is 26.0 Å². The number of halogens is 2. The first kappa shape index (κ1) is 16.2. The molecule has 0 amide bonds. The van der Waals surface area contributed by atoms with Gasteiger partial charge in [-0.15, -0.1) is 0 Å². The number of nitrogens with zero attached hydrogens (tertiary/aromatic N) is 1. The molecule has 19 heavy (non-hydrogen) atoms. The van der Waals surface area contributed by atoms with E-state index in [2.05, 4.69) is 10.6 Å².